The van der Waals surface area contributed by atoms with E-state index in [4.69, 9.17) is 4.74 Å². The molecule has 2 aromatic carbocycles. The molecule has 0 aliphatic rings. The SMILES string of the molecule is CCCNCc1ccc(Oc2ccc(Br)c(F)c2)c(Br)c1. The van der Waals surface area contributed by atoms with E-state index in [1.165, 1.54) is 11.6 Å². The number of rotatable bonds is 6. The third-order valence-corrected chi connectivity index (χ3v) is 4.13. The summed E-state index contributed by atoms with van der Waals surface area (Å²) in [5.74, 6) is 0.785. The lowest BCUT2D eigenvalue weighted by Crippen LogP contribution is -2.13. The average molecular weight is 417 g/mol. The van der Waals surface area contributed by atoms with Crippen molar-refractivity contribution in [3.05, 3.63) is 56.7 Å². The van der Waals surface area contributed by atoms with E-state index in [0.717, 1.165) is 24.0 Å². The number of nitrogens with one attached hydrogen (secondary N) is 1. The fourth-order valence-electron chi connectivity index (χ4n) is 1.81. The molecule has 5 heteroatoms. The Labute approximate surface area is 141 Å². The summed E-state index contributed by atoms with van der Waals surface area (Å²) in [5, 5.41) is 3.34. The Balaban J connectivity index is 2.08. The summed E-state index contributed by atoms with van der Waals surface area (Å²) < 4.78 is 20.4. The maximum Gasteiger partial charge on any atom is 0.141 e. The molecule has 0 radical (unpaired) electrons. The first-order valence-electron chi connectivity index (χ1n) is 6.72. The van der Waals surface area contributed by atoms with Gasteiger partial charge in [-0.25, -0.2) is 4.39 Å². The Morgan fingerprint density at radius 3 is 2.57 bits per heavy atom. The number of ether oxygens (including phenoxy) is 1. The van der Waals surface area contributed by atoms with Gasteiger partial charge in [0.25, 0.3) is 0 Å². The second-order valence-electron chi connectivity index (χ2n) is 4.62. The standard InChI is InChI=1S/C16H16Br2FNO/c1-2-7-20-10-11-3-6-16(14(18)8-11)21-12-4-5-13(17)15(19)9-12/h3-6,8-9,20H,2,7,10H2,1H3. The summed E-state index contributed by atoms with van der Waals surface area (Å²) in [5.41, 5.74) is 1.17. The first-order chi connectivity index (χ1) is 10.1. The predicted octanol–water partition coefficient (Wildman–Crippen LogP) is 5.64. The highest BCUT2D eigenvalue weighted by Gasteiger charge is 2.06. The van der Waals surface area contributed by atoms with Crippen molar-refractivity contribution in [2.75, 3.05) is 6.54 Å². The molecule has 0 amide bonds. The molecule has 0 aliphatic carbocycles. The van der Waals surface area contributed by atoms with Crippen LogP contribution in [-0.2, 0) is 6.54 Å². The second-order valence-corrected chi connectivity index (χ2v) is 6.33. The molecule has 1 N–H and O–H groups in total. The molecule has 0 heterocycles. The minimum Gasteiger partial charge on any atom is -0.456 e. The van der Waals surface area contributed by atoms with Crippen LogP contribution in [0.25, 0.3) is 0 Å². The lowest BCUT2D eigenvalue weighted by atomic mass is 10.2. The van der Waals surface area contributed by atoms with Crippen molar-refractivity contribution in [3.8, 4) is 11.5 Å². The molecule has 0 saturated heterocycles. The van der Waals surface area contributed by atoms with Crippen LogP contribution in [0.1, 0.15) is 18.9 Å². The first kappa shape index (κ1) is 16.5. The fraction of sp³-hybridized carbons (Fsp3) is 0.250. The van der Waals surface area contributed by atoms with E-state index in [9.17, 15) is 4.39 Å². The minimum atomic E-state index is -0.344. The van der Waals surface area contributed by atoms with Crippen LogP contribution in [0.2, 0.25) is 0 Å². The Morgan fingerprint density at radius 2 is 1.90 bits per heavy atom. The Kier molecular flexibility index (Phi) is 6.21. The van der Waals surface area contributed by atoms with Gasteiger partial charge in [0.05, 0.1) is 8.95 Å². The average Bonchev–Trinajstić information content (AvgIpc) is 2.46. The van der Waals surface area contributed by atoms with E-state index in [0.29, 0.717) is 16.0 Å². The summed E-state index contributed by atoms with van der Waals surface area (Å²) in [4.78, 5) is 0. The molecule has 0 aromatic heterocycles. The first-order valence-corrected chi connectivity index (χ1v) is 8.31. The van der Waals surface area contributed by atoms with Crippen LogP contribution in [0.15, 0.2) is 45.3 Å². The molecule has 0 saturated carbocycles. The quantitative estimate of drug-likeness (QED) is 0.615. The van der Waals surface area contributed by atoms with Gasteiger partial charge in [0.2, 0.25) is 0 Å². The number of halogens is 3. The van der Waals surface area contributed by atoms with Crippen LogP contribution in [0.4, 0.5) is 4.39 Å². The van der Waals surface area contributed by atoms with E-state index in [-0.39, 0.29) is 5.82 Å². The maximum absolute atomic E-state index is 13.5. The zero-order valence-electron chi connectivity index (χ0n) is 11.6. The van der Waals surface area contributed by atoms with Crippen LogP contribution in [0.3, 0.4) is 0 Å². The third-order valence-electron chi connectivity index (χ3n) is 2.87. The molecule has 0 spiro atoms. The highest BCUT2D eigenvalue weighted by molar-refractivity contribution is 9.10. The highest BCUT2D eigenvalue weighted by atomic mass is 79.9. The van der Waals surface area contributed by atoms with Crippen molar-refractivity contribution in [3.63, 3.8) is 0 Å². The fourth-order valence-corrected chi connectivity index (χ4v) is 2.57. The number of hydrogen-bond acceptors (Lipinski definition) is 2. The van der Waals surface area contributed by atoms with Crippen molar-refractivity contribution in [2.24, 2.45) is 0 Å². The van der Waals surface area contributed by atoms with Gasteiger partial charge in [-0.2, -0.15) is 0 Å². The molecular formula is C16H16Br2FNO. The smallest absolute Gasteiger partial charge is 0.141 e. The van der Waals surface area contributed by atoms with E-state index < -0.39 is 0 Å². The van der Waals surface area contributed by atoms with E-state index in [2.05, 4.69) is 44.1 Å². The number of hydrogen-bond donors (Lipinski definition) is 1. The van der Waals surface area contributed by atoms with E-state index in [1.807, 2.05) is 18.2 Å². The molecule has 112 valence electrons. The van der Waals surface area contributed by atoms with Gasteiger partial charge in [-0.05, 0) is 74.7 Å². The van der Waals surface area contributed by atoms with Crippen molar-refractivity contribution >= 4 is 31.9 Å². The van der Waals surface area contributed by atoms with Crippen molar-refractivity contribution in [2.45, 2.75) is 19.9 Å². The Bertz CT molecular complexity index is 619. The summed E-state index contributed by atoms with van der Waals surface area (Å²) in [7, 11) is 0. The van der Waals surface area contributed by atoms with Gasteiger partial charge in [-0.1, -0.05) is 13.0 Å². The molecule has 0 unspecified atom stereocenters. The zero-order valence-corrected chi connectivity index (χ0v) is 14.8. The summed E-state index contributed by atoms with van der Waals surface area (Å²) in [6.07, 6.45) is 1.11. The van der Waals surface area contributed by atoms with Gasteiger partial charge in [0.1, 0.15) is 17.3 Å². The molecule has 2 aromatic rings. The van der Waals surface area contributed by atoms with Gasteiger partial charge >= 0.3 is 0 Å². The van der Waals surface area contributed by atoms with Crippen LogP contribution < -0.4 is 10.1 Å². The van der Waals surface area contributed by atoms with Crippen LogP contribution in [-0.4, -0.2) is 6.54 Å². The monoisotopic (exact) mass is 415 g/mol. The van der Waals surface area contributed by atoms with Gasteiger partial charge in [-0.15, -0.1) is 0 Å². The van der Waals surface area contributed by atoms with E-state index in [1.54, 1.807) is 12.1 Å². The van der Waals surface area contributed by atoms with Gasteiger partial charge < -0.3 is 10.1 Å². The van der Waals surface area contributed by atoms with Crippen LogP contribution in [0, 0.1) is 5.82 Å². The molecule has 0 aliphatic heterocycles. The molecule has 0 atom stereocenters. The van der Waals surface area contributed by atoms with Gasteiger partial charge in [0, 0.05) is 12.6 Å². The lowest BCUT2D eigenvalue weighted by Gasteiger charge is -2.10. The maximum atomic E-state index is 13.5. The minimum absolute atomic E-state index is 0.344. The van der Waals surface area contributed by atoms with Crippen molar-refractivity contribution in [1.82, 2.24) is 5.32 Å². The van der Waals surface area contributed by atoms with Gasteiger partial charge in [-0.3, -0.25) is 0 Å². The molecule has 21 heavy (non-hydrogen) atoms. The van der Waals surface area contributed by atoms with Crippen molar-refractivity contribution < 1.29 is 9.13 Å². The molecular weight excluding hydrogens is 401 g/mol. The highest BCUT2D eigenvalue weighted by Crippen LogP contribution is 2.31. The summed E-state index contributed by atoms with van der Waals surface area (Å²) in [6.45, 7) is 3.95. The predicted molar refractivity (Wildman–Crippen MR) is 90.3 cm³/mol. The van der Waals surface area contributed by atoms with Crippen LogP contribution >= 0.6 is 31.9 Å². The Hall–Kier alpha value is -0.910. The molecule has 2 rings (SSSR count). The molecule has 0 fully saturated rings. The summed E-state index contributed by atoms with van der Waals surface area (Å²) >= 11 is 6.61. The molecule has 2 nitrogen and oxygen atoms in total. The third kappa shape index (κ3) is 4.80. The van der Waals surface area contributed by atoms with Crippen molar-refractivity contribution in [1.29, 1.82) is 0 Å². The lowest BCUT2D eigenvalue weighted by molar-refractivity contribution is 0.473. The van der Waals surface area contributed by atoms with E-state index >= 15 is 0 Å². The Morgan fingerprint density at radius 1 is 1.10 bits per heavy atom. The summed E-state index contributed by atoms with van der Waals surface area (Å²) in [6, 6.07) is 10.6. The number of benzene rings is 2. The van der Waals surface area contributed by atoms with Gasteiger partial charge in [0.15, 0.2) is 0 Å². The normalized spacial score (nSPS) is 10.7. The molecule has 0 bridgehead atoms. The second kappa shape index (κ2) is 7.92. The van der Waals surface area contributed by atoms with Crippen LogP contribution in [0.5, 0.6) is 11.5 Å². The zero-order chi connectivity index (χ0) is 15.2. The largest absolute Gasteiger partial charge is 0.456 e. The topological polar surface area (TPSA) is 21.3 Å².